The van der Waals surface area contributed by atoms with Gasteiger partial charge in [0.05, 0.1) is 25.3 Å². The summed E-state index contributed by atoms with van der Waals surface area (Å²) in [4.78, 5) is 27.8. The molecule has 1 aliphatic rings. The van der Waals surface area contributed by atoms with Crippen molar-refractivity contribution in [2.45, 2.75) is 40.3 Å². The monoisotopic (exact) mass is 423 g/mol. The number of carbonyl (C=O) groups excluding carboxylic acids is 2. The molecule has 0 spiro atoms. The van der Waals surface area contributed by atoms with Crippen LogP contribution in [0.15, 0.2) is 59.9 Å². The van der Waals surface area contributed by atoms with E-state index in [1.54, 1.807) is 40.0 Å². The van der Waals surface area contributed by atoms with Crippen molar-refractivity contribution in [3.8, 4) is 11.5 Å². The Morgan fingerprint density at radius 3 is 2.35 bits per heavy atom. The summed E-state index contributed by atoms with van der Waals surface area (Å²) >= 11 is 0. The van der Waals surface area contributed by atoms with Gasteiger partial charge in [-0.25, -0.2) is 0 Å². The molecule has 0 aromatic heterocycles. The van der Waals surface area contributed by atoms with Crippen LogP contribution in [0.25, 0.3) is 0 Å². The van der Waals surface area contributed by atoms with E-state index in [4.69, 9.17) is 9.47 Å². The van der Waals surface area contributed by atoms with Crippen molar-refractivity contribution in [1.29, 1.82) is 0 Å². The first kappa shape index (κ1) is 22.4. The molecule has 1 heterocycles. The van der Waals surface area contributed by atoms with Crippen molar-refractivity contribution in [3.05, 3.63) is 71.0 Å². The van der Waals surface area contributed by atoms with Gasteiger partial charge in [0.15, 0.2) is 11.5 Å². The van der Waals surface area contributed by atoms with Gasteiger partial charge in [-0.3, -0.25) is 9.59 Å². The average Bonchev–Trinajstić information content (AvgIpc) is 2.98. The van der Waals surface area contributed by atoms with E-state index in [0.717, 1.165) is 11.1 Å². The maximum absolute atomic E-state index is 13.2. The number of amides is 1. The van der Waals surface area contributed by atoms with Crippen LogP contribution in [0, 0.1) is 5.41 Å². The van der Waals surface area contributed by atoms with Gasteiger partial charge in [-0.2, -0.15) is 0 Å². The summed E-state index contributed by atoms with van der Waals surface area (Å²) in [7, 11) is 1.58. The van der Waals surface area contributed by atoms with Gasteiger partial charge in [0, 0.05) is 12.0 Å². The maximum Gasteiger partial charge on any atom is 0.290 e. The smallest absolute Gasteiger partial charge is 0.290 e. The molecule has 31 heavy (non-hydrogen) atoms. The number of hydrogen-bond donors (Lipinski definition) is 1. The molecule has 1 aliphatic heterocycles. The number of hydrogen-bond acceptors (Lipinski definition) is 5. The van der Waals surface area contributed by atoms with Crippen LogP contribution < -0.4 is 9.47 Å². The first-order valence-corrected chi connectivity index (χ1v) is 10.3. The fourth-order valence-corrected chi connectivity index (χ4v) is 3.68. The molecule has 0 saturated heterocycles. The van der Waals surface area contributed by atoms with E-state index >= 15 is 0 Å². The van der Waals surface area contributed by atoms with Crippen LogP contribution in [0.3, 0.4) is 0 Å². The molecule has 1 amide bonds. The normalized spacial score (nSPS) is 16.6. The number of aliphatic hydroxyl groups is 1. The fraction of sp³-hybridized carbons (Fsp3) is 0.360. The van der Waals surface area contributed by atoms with Gasteiger partial charge in [-0.15, -0.1) is 0 Å². The molecule has 0 aliphatic carbocycles. The topological polar surface area (TPSA) is 76.1 Å². The van der Waals surface area contributed by atoms with Crippen molar-refractivity contribution in [2.24, 2.45) is 5.41 Å². The lowest BCUT2D eigenvalue weighted by Gasteiger charge is -2.29. The molecule has 0 saturated carbocycles. The van der Waals surface area contributed by atoms with Crippen LogP contribution in [-0.2, 0) is 16.1 Å². The summed E-state index contributed by atoms with van der Waals surface area (Å²) in [6.45, 7) is 8.00. The summed E-state index contributed by atoms with van der Waals surface area (Å²) in [6.07, 6.45) is 0. The predicted molar refractivity (Wildman–Crippen MR) is 118 cm³/mol. The zero-order valence-electron chi connectivity index (χ0n) is 18.6. The Labute approximate surface area is 183 Å². The zero-order chi connectivity index (χ0) is 22.8. The highest BCUT2D eigenvalue weighted by Gasteiger charge is 2.45. The summed E-state index contributed by atoms with van der Waals surface area (Å²) in [5.41, 5.74) is 0.949. The molecule has 0 bridgehead atoms. The van der Waals surface area contributed by atoms with Gasteiger partial charge in [-0.1, -0.05) is 45.0 Å². The van der Waals surface area contributed by atoms with Gasteiger partial charge >= 0.3 is 0 Å². The van der Waals surface area contributed by atoms with Crippen molar-refractivity contribution < 1.29 is 24.2 Å². The zero-order valence-corrected chi connectivity index (χ0v) is 18.6. The Morgan fingerprint density at radius 2 is 1.77 bits per heavy atom. The lowest BCUT2D eigenvalue weighted by atomic mass is 9.82. The number of rotatable bonds is 7. The van der Waals surface area contributed by atoms with E-state index in [1.165, 1.54) is 4.90 Å². The van der Waals surface area contributed by atoms with Gasteiger partial charge < -0.3 is 19.5 Å². The van der Waals surface area contributed by atoms with E-state index < -0.39 is 23.1 Å². The third-order valence-corrected chi connectivity index (χ3v) is 5.22. The van der Waals surface area contributed by atoms with Crippen LogP contribution >= 0.6 is 0 Å². The minimum atomic E-state index is -0.751. The molecule has 0 radical (unpaired) electrons. The Bertz CT molecular complexity index is 1000. The Hall–Kier alpha value is -3.28. The Balaban J connectivity index is 2.05. The molecular formula is C25H29NO5. The van der Waals surface area contributed by atoms with Crippen molar-refractivity contribution in [2.75, 3.05) is 13.7 Å². The molecule has 164 valence electrons. The summed E-state index contributed by atoms with van der Waals surface area (Å²) in [5.74, 6) is 0.0680. The minimum absolute atomic E-state index is 0.128. The van der Waals surface area contributed by atoms with Crippen LogP contribution in [0.4, 0.5) is 0 Å². The number of methoxy groups -OCH3 is 1. The first-order chi connectivity index (χ1) is 14.7. The van der Waals surface area contributed by atoms with Gasteiger partial charge in [-0.05, 0) is 42.3 Å². The summed E-state index contributed by atoms with van der Waals surface area (Å²) < 4.78 is 10.8. The third kappa shape index (κ3) is 4.58. The number of nitrogens with zero attached hydrogens (tertiary/aromatic N) is 1. The van der Waals surface area contributed by atoms with Gasteiger partial charge in [0.1, 0.15) is 11.5 Å². The van der Waals surface area contributed by atoms with E-state index in [-0.39, 0.29) is 17.9 Å². The largest absolute Gasteiger partial charge is 0.503 e. The van der Waals surface area contributed by atoms with E-state index in [9.17, 15) is 14.7 Å². The van der Waals surface area contributed by atoms with E-state index in [2.05, 4.69) is 0 Å². The Morgan fingerprint density at radius 1 is 1.10 bits per heavy atom. The van der Waals surface area contributed by atoms with Crippen LogP contribution in [-0.4, -0.2) is 35.4 Å². The molecule has 1 unspecified atom stereocenters. The lowest BCUT2D eigenvalue weighted by molar-refractivity contribution is -0.130. The summed E-state index contributed by atoms with van der Waals surface area (Å²) in [6, 6.07) is 14.0. The first-order valence-electron chi connectivity index (χ1n) is 10.3. The second-order valence-electron chi connectivity index (χ2n) is 8.53. The predicted octanol–water partition coefficient (Wildman–Crippen LogP) is 4.60. The molecule has 2 aromatic carbocycles. The lowest BCUT2D eigenvalue weighted by Crippen LogP contribution is -2.32. The fourth-order valence-electron chi connectivity index (χ4n) is 3.68. The number of aliphatic hydroxyl groups excluding tert-OH is 1. The standard InChI is InChI=1S/C25H29NO5/c1-6-31-19-9-7-8-16(14-19)15-26-21(17-10-12-18(30-5)13-11-17)20(22(27)24(26)29)23(28)25(2,3)4/h7-14,21,27H,6,15H2,1-5H3. The van der Waals surface area contributed by atoms with E-state index in [0.29, 0.717) is 18.1 Å². The molecule has 6 nitrogen and oxygen atoms in total. The quantitative estimate of drug-likeness (QED) is 0.704. The number of Topliss-reactive ketones (excluding diaryl/α,β-unsaturated/α-hetero) is 1. The average molecular weight is 424 g/mol. The molecule has 3 rings (SSSR count). The molecule has 1 atom stereocenters. The molecule has 2 aromatic rings. The molecule has 6 heteroatoms. The van der Waals surface area contributed by atoms with Crippen molar-refractivity contribution >= 4 is 11.7 Å². The van der Waals surface area contributed by atoms with Crippen LogP contribution in [0.2, 0.25) is 0 Å². The molecular weight excluding hydrogens is 394 g/mol. The van der Waals surface area contributed by atoms with Gasteiger partial charge in [0.25, 0.3) is 5.91 Å². The summed E-state index contributed by atoms with van der Waals surface area (Å²) in [5, 5.41) is 10.7. The van der Waals surface area contributed by atoms with Gasteiger partial charge in [0.2, 0.25) is 0 Å². The number of ether oxygens (including phenoxy) is 2. The van der Waals surface area contributed by atoms with Crippen LogP contribution in [0.5, 0.6) is 11.5 Å². The van der Waals surface area contributed by atoms with E-state index in [1.807, 2.05) is 43.3 Å². The number of ketones is 1. The second-order valence-corrected chi connectivity index (χ2v) is 8.53. The Kier molecular flexibility index (Phi) is 6.39. The third-order valence-electron chi connectivity index (χ3n) is 5.22. The van der Waals surface area contributed by atoms with Crippen LogP contribution in [0.1, 0.15) is 44.9 Å². The molecule has 1 N–H and O–H groups in total. The van der Waals surface area contributed by atoms with Crippen molar-refractivity contribution in [1.82, 2.24) is 4.90 Å². The maximum atomic E-state index is 13.2. The molecule has 0 fully saturated rings. The highest BCUT2D eigenvalue weighted by atomic mass is 16.5. The second kappa shape index (κ2) is 8.84. The number of benzene rings is 2. The van der Waals surface area contributed by atoms with Crippen molar-refractivity contribution in [3.63, 3.8) is 0 Å². The number of carbonyl (C=O) groups is 2. The minimum Gasteiger partial charge on any atom is -0.503 e. The highest BCUT2D eigenvalue weighted by Crippen LogP contribution is 2.42. The SMILES string of the molecule is CCOc1cccc(CN2C(=O)C(O)=C(C(=O)C(C)(C)C)C2c2ccc(OC)cc2)c1. The highest BCUT2D eigenvalue weighted by molar-refractivity contribution is 6.10.